The quantitative estimate of drug-likeness (QED) is 0.826. The molecular formula is C14H23N3O2. The Bertz CT molecular complexity index is 417. The molecule has 2 atom stereocenters. The molecule has 1 aliphatic rings. The van der Waals surface area contributed by atoms with E-state index in [-0.39, 0.29) is 5.92 Å². The number of nitrogens with zero attached hydrogens (tertiary/aromatic N) is 2. The van der Waals surface area contributed by atoms with Crippen LogP contribution in [0.5, 0.6) is 0 Å². The number of rotatable bonds is 6. The summed E-state index contributed by atoms with van der Waals surface area (Å²) in [7, 11) is 0. The second-order valence-corrected chi connectivity index (χ2v) is 5.33. The van der Waals surface area contributed by atoms with E-state index in [4.69, 9.17) is 5.11 Å². The minimum Gasteiger partial charge on any atom is -0.481 e. The number of carbonyl (C=O) groups is 1. The molecule has 106 valence electrons. The molecule has 2 N–H and O–H groups in total. The van der Waals surface area contributed by atoms with Crippen LogP contribution >= 0.6 is 0 Å². The first-order chi connectivity index (χ1) is 9.20. The number of carboxylic acids is 1. The molecule has 1 heterocycles. The second kappa shape index (κ2) is 6.70. The maximum Gasteiger partial charge on any atom is 0.306 e. The predicted octanol–water partition coefficient (Wildman–Crippen LogP) is 2.03. The first-order valence-electron chi connectivity index (χ1n) is 7.17. The molecule has 5 nitrogen and oxygen atoms in total. The summed E-state index contributed by atoms with van der Waals surface area (Å²) < 4.78 is 2.02. The first-order valence-corrected chi connectivity index (χ1v) is 7.17. The molecule has 5 heteroatoms. The number of carboxylic acid groups (broad SMARTS) is 1. The average Bonchev–Trinajstić information content (AvgIpc) is 2.85. The van der Waals surface area contributed by atoms with Crippen LogP contribution in [0.3, 0.4) is 0 Å². The fourth-order valence-corrected chi connectivity index (χ4v) is 2.77. The fourth-order valence-electron chi connectivity index (χ4n) is 2.77. The van der Waals surface area contributed by atoms with Gasteiger partial charge in [0.05, 0.1) is 11.6 Å². The van der Waals surface area contributed by atoms with Gasteiger partial charge in [-0.1, -0.05) is 13.3 Å². The van der Waals surface area contributed by atoms with Gasteiger partial charge in [0, 0.05) is 25.3 Å². The molecule has 1 fully saturated rings. The third-order valence-electron chi connectivity index (χ3n) is 3.84. The van der Waals surface area contributed by atoms with Crippen molar-refractivity contribution in [1.29, 1.82) is 0 Å². The molecule has 2 rings (SSSR count). The minimum absolute atomic E-state index is 0.174. The topological polar surface area (TPSA) is 67.2 Å². The molecule has 1 aliphatic carbocycles. The molecule has 0 aliphatic heterocycles. The lowest BCUT2D eigenvalue weighted by Gasteiger charge is -2.27. The van der Waals surface area contributed by atoms with Crippen molar-refractivity contribution in [3.05, 3.63) is 18.0 Å². The van der Waals surface area contributed by atoms with E-state index in [1.165, 1.54) is 5.69 Å². The molecular weight excluding hydrogens is 242 g/mol. The normalized spacial score (nSPS) is 23.4. The minimum atomic E-state index is -0.650. The standard InChI is InChI=1S/C14H23N3O2/c1-2-8-17-13(6-7-16-17)10-15-12-5-3-4-11(9-12)14(18)19/h6-7,11-12,15H,2-5,8-10H2,1H3,(H,18,19). The lowest BCUT2D eigenvalue weighted by atomic mass is 9.86. The first kappa shape index (κ1) is 14.1. The summed E-state index contributed by atoms with van der Waals surface area (Å²) in [6, 6.07) is 2.35. The van der Waals surface area contributed by atoms with Gasteiger partial charge in [-0.15, -0.1) is 0 Å². The number of hydrogen-bond acceptors (Lipinski definition) is 3. The molecule has 0 spiro atoms. The molecule has 2 unspecified atom stereocenters. The average molecular weight is 265 g/mol. The Morgan fingerprint density at radius 3 is 3.16 bits per heavy atom. The van der Waals surface area contributed by atoms with Gasteiger partial charge in [0.1, 0.15) is 0 Å². The van der Waals surface area contributed by atoms with Crippen LogP contribution < -0.4 is 5.32 Å². The van der Waals surface area contributed by atoms with Crippen LogP contribution in [-0.2, 0) is 17.9 Å². The zero-order valence-corrected chi connectivity index (χ0v) is 11.5. The van der Waals surface area contributed by atoms with Crippen molar-refractivity contribution in [2.75, 3.05) is 0 Å². The highest BCUT2D eigenvalue weighted by atomic mass is 16.4. The van der Waals surface area contributed by atoms with Crippen LogP contribution in [0.1, 0.15) is 44.7 Å². The van der Waals surface area contributed by atoms with Crippen LogP contribution in [0.4, 0.5) is 0 Å². The molecule has 19 heavy (non-hydrogen) atoms. The summed E-state index contributed by atoms with van der Waals surface area (Å²) in [4.78, 5) is 11.0. The van der Waals surface area contributed by atoms with E-state index in [0.717, 1.165) is 45.2 Å². The summed E-state index contributed by atoms with van der Waals surface area (Å²) in [5, 5.41) is 16.9. The van der Waals surface area contributed by atoms with Gasteiger partial charge in [-0.05, 0) is 31.7 Å². The third kappa shape index (κ3) is 3.80. The largest absolute Gasteiger partial charge is 0.481 e. The van der Waals surface area contributed by atoms with Gasteiger partial charge in [-0.3, -0.25) is 9.48 Å². The summed E-state index contributed by atoms with van der Waals surface area (Å²) in [6.45, 7) is 3.85. The highest BCUT2D eigenvalue weighted by Gasteiger charge is 2.26. The number of aromatic nitrogens is 2. The molecule has 0 amide bonds. The summed E-state index contributed by atoms with van der Waals surface area (Å²) in [6.07, 6.45) is 6.54. The van der Waals surface area contributed by atoms with Crippen LogP contribution in [0.15, 0.2) is 12.3 Å². The van der Waals surface area contributed by atoms with E-state index < -0.39 is 5.97 Å². The Balaban J connectivity index is 1.84. The Kier molecular flexibility index (Phi) is 4.96. The van der Waals surface area contributed by atoms with Crippen molar-refractivity contribution >= 4 is 5.97 Å². The predicted molar refractivity (Wildman–Crippen MR) is 72.7 cm³/mol. The van der Waals surface area contributed by atoms with Crippen molar-refractivity contribution in [3.8, 4) is 0 Å². The SMILES string of the molecule is CCCn1nccc1CNC1CCCC(C(=O)O)C1. The Labute approximate surface area is 114 Å². The number of aliphatic carboxylic acids is 1. The molecule has 0 bridgehead atoms. The van der Waals surface area contributed by atoms with Gasteiger partial charge in [0.25, 0.3) is 0 Å². The van der Waals surface area contributed by atoms with Crippen LogP contribution in [0.25, 0.3) is 0 Å². The van der Waals surface area contributed by atoms with E-state index in [9.17, 15) is 4.79 Å². The Morgan fingerprint density at radius 1 is 1.58 bits per heavy atom. The third-order valence-corrected chi connectivity index (χ3v) is 3.84. The highest BCUT2D eigenvalue weighted by Crippen LogP contribution is 2.24. The smallest absolute Gasteiger partial charge is 0.306 e. The molecule has 0 aromatic carbocycles. The second-order valence-electron chi connectivity index (χ2n) is 5.33. The Hall–Kier alpha value is -1.36. The van der Waals surface area contributed by atoms with Gasteiger partial charge in [0.15, 0.2) is 0 Å². The molecule has 0 radical (unpaired) electrons. The van der Waals surface area contributed by atoms with Crippen LogP contribution in [0.2, 0.25) is 0 Å². The maximum atomic E-state index is 11.0. The summed E-state index contributed by atoms with van der Waals surface area (Å²) >= 11 is 0. The summed E-state index contributed by atoms with van der Waals surface area (Å²) in [5.74, 6) is -0.825. The van der Waals surface area contributed by atoms with Crippen LogP contribution in [0, 0.1) is 5.92 Å². The zero-order valence-electron chi connectivity index (χ0n) is 11.5. The maximum absolute atomic E-state index is 11.0. The monoisotopic (exact) mass is 265 g/mol. The van der Waals surface area contributed by atoms with E-state index in [1.54, 1.807) is 0 Å². The van der Waals surface area contributed by atoms with E-state index in [2.05, 4.69) is 17.3 Å². The van der Waals surface area contributed by atoms with E-state index in [0.29, 0.717) is 6.04 Å². The van der Waals surface area contributed by atoms with Crippen molar-refractivity contribution < 1.29 is 9.90 Å². The van der Waals surface area contributed by atoms with Crippen molar-refractivity contribution in [2.24, 2.45) is 5.92 Å². The molecule has 1 aromatic heterocycles. The van der Waals surface area contributed by atoms with Gasteiger partial charge in [-0.25, -0.2) is 0 Å². The van der Waals surface area contributed by atoms with Gasteiger partial charge in [-0.2, -0.15) is 5.10 Å². The Morgan fingerprint density at radius 2 is 2.42 bits per heavy atom. The number of hydrogen-bond donors (Lipinski definition) is 2. The van der Waals surface area contributed by atoms with Crippen molar-refractivity contribution in [1.82, 2.24) is 15.1 Å². The number of aryl methyl sites for hydroxylation is 1. The lowest BCUT2D eigenvalue weighted by Crippen LogP contribution is -2.36. The van der Waals surface area contributed by atoms with E-state index in [1.807, 2.05) is 16.9 Å². The van der Waals surface area contributed by atoms with Gasteiger partial charge in [0.2, 0.25) is 0 Å². The molecule has 1 aromatic rings. The van der Waals surface area contributed by atoms with E-state index >= 15 is 0 Å². The summed E-state index contributed by atoms with van der Waals surface area (Å²) in [5.41, 5.74) is 1.18. The highest BCUT2D eigenvalue weighted by molar-refractivity contribution is 5.70. The molecule has 0 saturated heterocycles. The number of nitrogens with one attached hydrogen (secondary N) is 1. The fraction of sp³-hybridized carbons (Fsp3) is 0.714. The zero-order chi connectivity index (χ0) is 13.7. The van der Waals surface area contributed by atoms with Gasteiger partial charge >= 0.3 is 5.97 Å². The molecule has 1 saturated carbocycles. The lowest BCUT2D eigenvalue weighted by molar-refractivity contribution is -0.143. The van der Waals surface area contributed by atoms with Gasteiger partial charge < -0.3 is 10.4 Å². The van der Waals surface area contributed by atoms with Crippen molar-refractivity contribution in [2.45, 2.75) is 58.2 Å². The van der Waals surface area contributed by atoms with Crippen LogP contribution in [-0.4, -0.2) is 26.9 Å². The van der Waals surface area contributed by atoms with Crippen molar-refractivity contribution in [3.63, 3.8) is 0 Å².